The fourth-order valence-corrected chi connectivity index (χ4v) is 5.63. The van der Waals surface area contributed by atoms with E-state index in [1.54, 1.807) is 18.2 Å². The smallest absolute Gasteiger partial charge is 0.270 e. The summed E-state index contributed by atoms with van der Waals surface area (Å²) < 4.78 is 1.93. The van der Waals surface area contributed by atoms with E-state index in [4.69, 9.17) is 35.4 Å². The Morgan fingerprint density at radius 2 is 1.82 bits per heavy atom. The van der Waals surface area contributed by atoms with Crippen molar-refractivity contribution in [1.82, 2.24) is 5.32 Å². The molecule has 10 heteroatoms. The molecule has 1 fully saturated rings. The molecule has 3 rings (SSSR count). The molecule has 1 heterocycles. The Balaban J connectivity index is 2.08. The van der Waals surface area contributed by atoms with Crippen molar-refractivity contribution < 1.29 is 9.59 Å². The van der Waals surface area contributed by atoms with E-state index in [-0.39, 0.29) is 20.7 Å². The van der Waals surface area contributed by atoms with E-state index in [0.29, 0.717) is 5.69 Å². The first-order valence-electron chi connectivity index (χ1n) is 7.77. The van der Waals surface area contributed by atoms with E-state index in [1.165, 1.54) is 11.0 Å². The van der Waals surface area contributed by atoms with Crippen molar-refractivity contribution in [3.05, 3.63) is 58.7 Å². The van der Waals surface area contributed by atoms with Crippen molar-refractivity contribution in [3.63, 3.8) is 0 Å². The number of benzene rings is 2. The van der Waals surface area contributed by atoms with E-state index in [2.05, 4.69) is 55.8 Å². The Hall–Kier alpha value is -0.950. The summed E-state index contributed by atoms with van der Waals surface area (Å²) in [7, 11) is 1.84. The largest absolute Gasteiger partial charge is 0.386 e. The predicted molar refractivity (Wildman–Crippen MR) is 134 cm³/mol. The number of hydrogen-bond donors (Lipinski definition) is 2. The number of rotatable bonds is 3. The second-order valence-corrected chi connectivity index (χ2v) is 9.14. The van der Waals surface area contributed by atoms with Crippen molar-refractivity contribution in [3.8, 4) is 0 Å². The van der Waals surface area contributed by atoms with Crippen LogP contribution in [0.4, 0.5) is 11.4 Å². The normalized spacial score (nSPS) is 15.8. The van der Waals surface area contributed by atoms with Crippen LogP contribution in [0.3, 0.4) is 0 Å². The van der Waals surface area contributed by atoms with E-state index < -0.39 is 11.8 Å². The maximum atomic E-state index is 13.1. The van der Waals surface area contributed by atoms with Gasteiger partial charge in [0.05, 0.1) is 21.4 Å². The zero-order chi connectivity index (χ0) is 20.6. The highest BCUT2D eigenvalue weighted by atomic mass is 127. The minimum atomic E-state index is -0.569. The summed E-state index contributed by atoms with van der Waals surface area (Å²) in [5, 5.41) is 6.07. The van der Waals surface area contributed by atoms with Gasteiger partial charge in [-0.05, 0) is 93.3 Å². The van der Waals surface area contributed by atoms with E-state index in [9.17, 15) is 9.59 Å². The Morgan fingerprint density at radius 1 is 1.18 bits per heavy atom. The van der Waals surface area contributed by atoms with Crippen LogP contribution in [0.1, 0.15) is 5.56 Å². The van der Waals surface area contributed by atoms with E-state index >= 15 is 0 Å². The average Bonchev–Trinajstić information content (AvgIpc) is 2.62. The molecule has 1 aliphatic heterocycles. The van der Waals surface area contributed by atoms with Crippen LogP contribution in [0, 0.1) is 7.14 Å². The molecule has 2 N–H and O–H groups in total. The molecule has 2 amide bonds. The topological polar surface area (TPSA) is 61.4 Å². The van der Waals surface area contributed by atoms with Gasteiger partial charge in [0.1, 0.15) is 5.57 Å². The van der Waals surface area contributed by atoms with Crippen LogP contribution < -0.4 is 15.5 Å². The van der Waals surface area contributed by atoms with Crippen molar-refractivity contribution in [2.24, 2.45) is 0 Å². The Kier molecular flexibility index (Phi) is 6.85. The summed E-state index contributed by atoms with van der Waals surface area (Å²) in [5.74, 6) is -1.13. The lowest BCUT2D eigenvalue weighted by atomic mass is 10.1. The minimum Gasteiger partial charge on any atom is -0.386 e. The summed E-state index contributed by atoms with van der Waals surface area (Å²) in [5.41, 5.74) is 1.96. The summed E-state index contributed by atoms with van der Waals surface area (Å²) in [6.45, 7) is 0. The highest BCUT2D eigenvalue weighted by Gasteiger charge is 2.35. The summed E-state index contributed by atoms with van der Waals surface area (Å²) in [4.78, 5) is 26.7. The first kappa shape index (κ1) is 21.8. The van der Waals surface area contributed by atoms with Gasteiger partial charge in [-0.2, -0.15) is 0 Å². The maximum absolute atomic E-state index is 13.1. The van der Waals surface area contributed by atoms with Crippen LogP contribution in [0.15, 0.2) is 35.9 Å². The fraction of sp³-hybridized carbons (Fsp3) is 0.0556. The second kappa shape index (κ2) is 8.82. The van der Waals surface area contributed by atoms with Gasteiger partial charge in [-0.25, -0.2) is 0 Å². The molecule has 0 bridgehead atoms. The Morgan fingerprint density at radius 3 is 2.43 bits per heavy atom. The molecule has 0 aliphatic carbocycles. The molecule has 2 aromatic rings. The fourth-order valence-electron chi connectivity index (χ4n) is 2.62. The van der Waals surface area contributed by atoms with Gasteiger partial charge in [-0.1, -0.05) is 29.3 Å². The molecule has 1 aliphatic rings. The van der Waals surface area contributed by atoms with Crippen molar-refractivity contribution >= 4 is 115 Å². The quantitative estimate of drug-likeness (QED) is 0.209. The number of halogens is 4. The maximum Gasteiger partial charge on any atom is 0.270 e. The van der Waals surface area contributed by atoms with Crippen molar-refractivity contribution in [2.75, 3.05) is 17.3 Å². The van der Waals surface area contributed by atoms with Gasteiger partial charge < -0.3 is 5.32 Å². The molecule has 0 aromatic heterocycles. The highest BCUT2D eigenvalue weighted by molar-refractivity contribution is 14.1. The lowest BCUT2D eigenvalue weighted by molar-refractivity contribution is -0.122. The van der Waals surface area contributed by atoms with Gasteiger partial charge in [0, 0.05) is 14.2 Å². The third kappa shape index (κ3) is 4.16. The van der Waals surface area contributed by atoms with Gasteiger partial charge in [0.25, 0.3) is 11.8 Å². The molecular formula is C18H11Cl2I2N3O2S. The van der Waals surface area contributed by atoms with Gasteiger partial charge in [-0.3, -0.25) is 19.8 Å². The number of nitrogens with zero attached hydrogens (tertiary/aromatic N) is 1. The van der Waals surface area contributed by atoms with Gasteiger partial charge in [0.15, 0.2) is 5.11 Å². The van der Waals surface area contributed by atoms with Crippen molar-refractivity contribution in [1.29, 1.82) is 0 Å². The molecule has 0 spiro atoms. The minimum absolute atomic E-state index is 0.0477. The first-order valence-corrected chi connectivity index (χ1v) is 11.1. The van der Waals surface area contributed by atoms with Crippen LogP contribution in [0.25, 0.3) is 6.08 Å². The molecular weight excluding hydrogens is 647 g/mol. The molecule has 0 radical (unpaired) electrons. The molecule has 2 aromatic carbocycles. The number of amides is 2. The Labute approximate surface area is 204 Å². The molecule has 0 atom stereocenters. The molecule has 5 nitrogen and oxygen atoms in total. The highest BCUT2D eigenvalue weighted by Crippen LogP contribution is 2.34. The SMILES string of the molecule is CNc1c(I)cc(/C=C2\C(=O)NC(=S)N(c3cccc(Cl)c3Cl)C2=O)cc1I. The third-order valence-corrected chi connectivity index (χ3v) is 6.69. The lowest BCUT2D eigenvalue weighted by Crippen LogP contribution is -2.54. The number of hydrogen-bond acceptors (Lipinski definition) is 4. The van der Waals surface area contributed by atoms with Crippen LogP contribution in [-0.4, -0.2) is 24.0 Å². The number of carbonyl (C=O) groups excluding carboxylic acids is 2. The monoisotopic (exact) mass is 657 g/mol. The van der Waals surface area contributed by atoms with E-state index in [1.807, 2.05) is 19.2 Å². The number of nitrogens with one attached hydrogen (secondary N) is 2. The van der Waals surface area contributed by atoms with Gasteiger partial charge in [0.2, 0.25) is 0 Å². The molecule has 0 saturated carbocycles. The Bertz CT molecular complexity index is 1040. The van der Waals surface area contributed by atoms with Gasteiger partial charge >= 0.3 is 0 Å². The van der Waals surface area contributed by atoms with Gasteiger partial charge in [-0.15, -0.1) is 0 Å². The van der Waals surface area contributed by atoms with Crippen molar-refractivity contribution in [2.45, 2.75) is 0 Å². The predicted octanol–water partition coefficient (Wildman–Crippen LogP) is 5.08. The first-order chi connectivity index (χ1) is 13.2. The van der Waals surface area contributed by atoms with Crippen LogP contribution in [0.5, 0.6) is 0 Å². The number of anilines is 2. The molecule has 1 saturated heterocycles. The zero-order valence-corrected chi connectivity index (χ0v) is 20.8. The summed E-state index contributed by atoms with van der Waals surface area (Å²) in [6.07, 6.45) is 1.54. The zero-order valence-electron chi connectivity index (χ0n) is 14.1. The lowest BCUT2D eigenvalue weighted by Gasteiger charge is -2.29. The molecule has 144 valence electrons. The average molecular weight is 658 g/mol. The summed E-state index contributed by atoms with van der Waals surface area (Å²) in [6, 6.07) is 8.63. The van der Waals surface area contributed by atoms with Crippen LogP contribution >= 0.6 is 80.6 Å². The van der Waals surface area contributed by atoms with Crippen LogP contribution in [0.2, 0.25) is 10.0 Å². The molecule has 0 unspecified atom stereocenters. The van der Waals surface area contributed by atoms with E-state index in [0.717, 1.165) is 18.4 Å². The number of thiocarbonyl (C=S) groups is 1. The standard InChI is InChI=1S/C18H11Cl2I2N3O2S/c1-23-15-11(21)6-8(7-12(15)22)5-9-16(26)24-18(28)25(17(9)27)13-4-2-3-10(19)14(13)20/h2-7,23H,1H3,(H,24,26,28)/b9-5+. The summed E-state index contributed by atoms with van der Waals surface area (Å²) >= 11 is 21.9. The second-order valence-electron chi connectivity index (χ2n) is 5.64. The molecule has 28 heavy (non-hydrogen) atoms. The number of carbonyl (C=O) groups is 2. The third-order valence-electron chi connectivity index (χ3n) is 3.90. The van der Waals surface area contributed by atoms with Crippen LogP contribution in [-0.2, 0) is 9.59 Å².